The molecule has 0 bridgehead atoms. The van der Waals surface area contributed by atoms with Crippen molar-refractivity contribution in [3.63, 3.8) is 0 Å². The summed E-state index contributed by atoms with van der Waals surface area (Å²) in [6, 6.07) is 3.52. The van der Waals surface area contributed by atoms with E-state index in [9.17, 15) is 32.1 Å². The molecule has 0 spiro atoms. The van der Waals surface area contributed by atoms with E-state index in [-0.39, 0.29) is 22.7 Å². The van der Waals surface area contributed by atoms with Crippen molar-refractivity contribution < 1.29 is 31.3 Å². The average Bonchev–Trinajstić information content (AvgIpc) is 3.00. The molecule has 0 saturated heterocycles. The summed E-state index contributed by atoms with van der Waals surface area (Å²) in [6.45, 7) is 0. The standard InChI is InChI=1S/C15H5F5N2O3/c16-11-7(12(17)14(19)15(20)13(11)18)2-4-10-21-8-5-6(22(23)24)1-3-9(8)25-10/h1-5H/b4-2+. The lowest BCUT2D eigenvalue weighted by atomic mass is 10.1. The van der Waals surface area contributed by atoms with Gasteiger partial charge in [-0.3, -0.25) is 10.1 Å². The zero-order chi connectivity index (χ0) is 18.3. The molecular weight excluding hydrogens is 351 g/mol. The molecule has 0 saturated carbocycles. The normalized spacial score (nSPS) is 11.6. The molecule has 0 amide bonds. The third kappa shape index (κ3) is 2.82. The maximum atomic E-state index is 13.6. The molecular formula is C15H5F5N2O3. The van der Waals surface area contributed by atoms with Crippen LogP contribution in [0.1, 0.15) is 11.5 Å². The van der Waals surface area contributed by atoms with Crippen LogP contribution in [0.4, 0.5) is 27.6 Å². The van der Waals surface area contributed by atoms with Crippen LogP contribution in [0.15, 0.2) is 22.6 Å². The lowest BCUT2D eigenvalue weighted by Gasteiger charge is -2.03. The molecule has 3 aromatic rings. The molecule has 0 N–H and O–H groups in total. The smallest absolute Gasteiger partial charge is 0.271 e. The highest BCUT2D eigenvalue weighted by molar-refractivity contribution is 5.78. The Morgan fingerprint density at radius 1 is 0.960 bits per heavy atom. The van der Waals surface area contributed by atoms with Crippen molar-refractivity contribution in [2.45, 2.75) is 0 Å². The molecule has 25 heavy (non-hydrogen) atoms. The first-order valence-electron chi connectivity index (χ1n) is 6.54. The molecule has 0 atom stereocenters. The van der Waals surface area contributed by atoms with Gasteiger partial charge in [-0.05, 0) is 12.1 Å². The Kier molecular flexibility index (Phi) is 3.95. The van der Waals surface area contributed by atoms with Gasteiger partial charge in [-0.2, -0.15) is 0 Å². The summed E-state index contributed by atoms with van der Waals surface area (Å²) in [7, 11) is 0. The topological polar surface area (TPSA) is 69.2 Å². The number of rotatable bonds is 3. The molecule has 0 aliphatic rings. The Morgan fingerprint density at radius 3 is 2.16 bits per heavy atom. The molecule has 10 heteroatoms. The van der Waals surface area contributed by atoms with Crippen LogP contribution < -0.4 is 0 Å². The van der Waals surface area contributed by atoms with Gasteiger partial charge in [0.05, 0.1) is 10.5 Å². The third-order valence-corrected chi connectivity index (χ3v) is 3.23. The van der Waals surface area contributed by atoms with Crippen LogP contribution in [0.3, 0.4) is 0 Å². The Hall–Kier alpha value is -3.30. The van der Waals surface area contributed by atoms with Gasteiger partial charge in [0.15, 0.2) is 28.9 Å². The number of fused-ring (bicyclic) bond motifs is 1. The Morgan fingerprint density at radius 2 is 1.56 bits per heavy atom. The highest BCUT2D eigenvalue weighted by atomic mass is 19.2. The Labute approximate surface area is 135 Å². The maximum Gasteiger partial charge on any atom is 0.271 e. The largest absolute Gasteiger partial charge is 0.437 e. The van der Waals surface area contributed by atoms with Crippen molar-refractivity contribution in [2.75, 3.05) is 0 Å². The van der Waals surface area contributed by atoms with Gasteiger partial charge in [-0.15, -0.1) is 0 Å². The zero-order valence-electron chi connectivity index (χ0n) is 11.9. The predicted molar refractivity (Wildman–Crippen MR) is 75.8 cm³/mol. The fourth-order valence-corrected chi connectivity index (χ4v) is 2.04. The quantitative estimate of drug-likeness (QED) is 0.226. The second kappa shape index (κ2) is 5.96. The molecule has 1 aromatic heterocycles. The first-order chi connectivity index (χ1) is 11.8. The molecule has 2 aromatic carbocycles. The van der Waals surface area contributed by atoms with E-state index in [1.807, 2.05) is 0 Å². The molecule has 0 fully saturated rings. The maximum absolute atomic E-state index is 13.6. The fraction of sp³-hybridized carbons (Fsp3) is 0. The Bertz CT molecular complexity index is 1020. The molecule has 0 unspecified atom stereocenters. The molecule has 1 heterocycles. The lowest BCUT2D eigenvalue weighted by molar-refractivity contribution is -0.384. The number of hydrogen-bond acceptors (Lipinski definition) is 4. The molecule has 0 aliphatic heterocycles. The van der Waals surface area contributed by atoms with Crippen molar-refractivity contribution in [2.24, 2.45) is 0 Å². The van der Waals surface area contributed by atoms with Crippen molar-refractivity contribution in [1.82, 2.24) is 4.98 Å². The van der Waals surface area contributed by atoms with Gasteiger partial charge in [0.2, 0.25) is 11.7 Å². The summed E-state index contributed by atoms with van der Waals surface area (Å²) in [6.07, 6.45) is 1.49. The number of oxazole rings is 1. The second-order valence-electron chi connectivity index (χ2n) is 4.78. The summed E-state index contributed by atoms with van der Waals surface area (Å²) in [4.78, 5) is 13.9. The molecule has 5 nitrogen and oxygen atoms in total. The first kappa shape index (κ1) is 16.6. The van der Waals surface area contributed by atoms with Gasteiger partial charge in [-0.25, -0.2) is 26.9 Å². The van der Waals surface area contributed by atoms with E-state index in [0.29, 0.717) is 6.08 Å². The molecule has 0 aliphatic carbocycles. The number of hydrogen-bond donors (Lipinski definition) is 0. The van der Waals surface area contributed by atoms with E-state index >= 15 is 0 Å². The molecule has 128 valence electrons. The van der Waals surface area contributed by atoms with Crippen molar-refractivity contribution >= 4 is 28.9 Å². The van der Waals surface area contributed by atoms with Crippen LogP contribution in [0.2, 0.25) is 0 Å². The highest BCUT2D eigenvalue weighted by Crippen LogP contribution is 2.26. The van der Waals surface area contributed by atoms with E-state index in [4.69, 9.17) is 4.42 Å². The number of aromatic nitrogens is 1. The number of nitro benzene ring substituents is 1. The van der Waals surface area contributed by atoms with Crippen LogP contribution in [0, 0.1) is 39.2 Å². The number of non-ortho nitro benzene ring substituents is 1. The molecule has 3 rings (SSSR count). The van der Waals surface area contributed by atoms with Crippen LogP contribution in [0.5, 0.6) is 0 Å². The van der Waals surface area contributed by atoms with E-state index < -0.39 is 39.6 Å². The SMILES string of the molecule is O=[N+]([O-])c1ccc2oc(/C=C/c3c(F)c(F)c(F)c(F)c3F)nc2c1. The number of halogens is 5. The van der Waals surface area contributed by atoms with Crippen LogP contribution in [-0.4, -0.2) is 9.91 Å². The minimum absolute atomic E-state index is 0.0891. The summed E-state index contributed by atoms with van der Waals surface area (Å²) in [5.41, 5.74) is -1.19. The number of nitro groups is 1. The van der Waals surface area contributed by atoms with E-state index in [1.54, 1.807) is 0 Å². The van der Waals surface area contributed by atoms with Crippen LogP contribution >= 0.6 is 0 Å². The summed E-state index contributed by atoms with van der Waals surface area (Å²) in [5, 5.41) is 10.7. The van der Waals surface area contributed by atoms with E-state index in [0.717, 1.165) is 18.2 Å². The summed E-state index contributed by atoms with van der Waals surface area (Å²) >= 11 is 0. The highest BCUT2D eigenvalue weighted by Gasteiger charge is 2.24. The fourth-order valence-electron chi connectivity index (χ4n) is 2.04. The van der Waals surface area contributed by atoms with Crippen molar-refractivity contribution in [1.29, 1.82) is 0 Å². The predicted octanol–water partition coefficient (Wildman–Crippen LogP) is 4.60. The Balaban J connectivity index is 2.03. The van der Waals surface area contributed by atoms with Gasteiger partial charge >= 0.3 is 0 Å². The minimum Gasteiger partial charge on any atom is -0.437 e. The van der Waals surface area contributed by atoms with Crippen molar-refractivity contribution in [3.8, 4) is 0 Å². The number of nitrogens with zero attached hydrogens (tertiary/aromatic N) is 2. The van der Waals surface area contributed by atoms with Crippen LogP contribution in [-0.2, 0) is 0 Å². The zero-order valence-corrected chi connectivity index (χ0v) is 11.9. The van der Waals surface area contributed by atoms with Gasteiger partial charge in [-0.1, -0.05) is 0 Å². The third-order valence-electron chi connectivity index (χ3n) is 3.23. The average molecular weight is 356 g/mol. The van der Waals surface area contributed by atoms with Crippen molar-refractivity contribution in [3.05, 3.63) is 68.9 Å². The van der Waals surface area contributed by atoms with E-state index in [1.165, 1.54) is 6.07 Å². The van der Waals surface area contributed by atoms with E-state index in [2.05, 4.69) is 4.98 Å². The number of benzene rings is 2. The van der Waals surface area contributed by atoms with Gasteiger partial charge in [0.1, 0.15) is 5.52 Å². The van der Waals surface area contributed by atoms with Gasteiger partial charge < -0.3 is 4.42 Å². The lowest BCUT2D eigenvalue weighted by Crippen LogP contribution is -2.03. The minimum atomic E-state index is -2.26. The van der Waals surface area contributed by atoms with Crippen LogP contribution in [0.25, 0.3) is 23.3 Å². The second-order valence-corrected chi connectivity index (χ2v) is 4.78. The molecule has 0 radical (unpaired) electrons. The summed E-state index contributed by atoms with van der Waals surface area (Å²) < 4.78 is 71.5. The summed E-state index contributed by atoms with van der Waals surface area (Å²) in [5.74, 6) is -10.7. The van der Waals surface area contributed by atoms with Gasteiger partial charge in [0, 0.05) is 18.2 Å². The monoisotopic (exact) mass is 356 g/mol. The first-order valence-corrected chi connectivity index (χ1v) is 6.54. The van der Waals surface area contributed by atoms with Gasteiger partial charge in [0.25, 0.3) is 5.69 Å².